The third kappa shape index (κ3) is 1.48. The largest absolute Gasteiger partial charge is 0.431 e. The molecule has 1 unspecified atom stereocenters. The first kappa shape index (κ1) is 13.4. The fourth-order valence-corrected chi connectivity index (χ4v) is 3.80. The van der Waals surface area contributed by atoms with Crippen LogP contribution in [-0.4, -0.2) is 0 Å². The molecule has 1 aromatic carbocycles. The van der Waals surface area contributed by atoms with Gasteiger partial charge in [0.25, 0.3) is 0 Å². The van der Waals surface area contributed by atoms with Crippen molar-refractivity contribution in [3.05, 3.63) is 45.5 Å². The molecule has 1 aromatic heterocycles. The van der Waals surface area contributed by atoms with Crippen LogP contribution in [0, 0.1) is 12.8 Å². The van der Waals surface area contributed by atoms with E-state index in [4.69, 9.17) is 4.42 Å². The Labute approximate surface area is 119 Å². The van der Waals surface area contributed by atoms with E-state index in [1.807, 2.05) is 6.92 Å². The first-order chi connectivity index (χ1) is 9.17. The van der Waals surface area contributed by atoms with Gasteiger partial charge in [0.15, 0.2) is 0 Å². The average molecular weight is 270 g/mol. The van der Waals surface area contributed by atoms with E-state index in [0.29, 0.717) is 11.3 Å². The summed E-state index contributed by atoms with van der Waals surface area (Å²) in [5.74, 6) is 0.522. The van der Waals surface area contributed by atoms with E-state index < -0.39 is 0 Å². The molecule has 0 saturated heterocycles. The summed E-state index contributed by atoms with van der Waals surface area (Å²) >= 11 is 0. The number of rotatable bonds is 0. The quantitative estimate of drug-likeness (QED) is 0.714. The summed E-state index contributed by atoms with van der Waals surface area (Å²) < 4.78 is 5.12. The van der Waals surface area contributed by atoms with E-state index in [1.54, 1.807) is 6.26 Å². The van der Waals surface area contributed by atoms with E-state index >= 15 is 0 Å². The van der Waals surface area contributed by atoms with Crippen molar-refractivity contribution in [1.29, 1.82) is 0 Å². The lowest BCUT2D eigenvalue weighted by Gasteiger charge is -2.32. The molecule has 106 valence electrons. The highest BCUT2D eigenvalue weighted by Gasteiger charge is 2.48. The standard InChI is InChI=1S/C18H22O2/c1-10-9-20-16(19)13-8-15-14(7-12(10)13)17(3,4)11(2)18(15,5)6/h7-9,11H,1-6H3. The second kappa shape index (κ2) is 3.75. The van der Waals surface area contributed by atoms with Crippen molar-refractivity contribution in [2.75, 3.05) is 0 Å². The van der Waals surface area contributed by atoms with Gasteiger partial charge in [-0.3, -0.25) is 0 Å². The van der Waals surface area contributed by atoms with Crippen LogP contribution in [0.2, 0.25) is 0 Å². The first-order valence-corrected chi connectivity index (χ1v) is 7.24. The SMILES string of the molecule is Cc1coc(=O)c2cc3c(cc12)C(C)(C)C(C)C3(C)C. The van der Waals surface area contributed by atoms with Gasteiger partial charge in [-0.05, 0) is 57.9 Å². The Bertz CT molecular complexity index is 763. The first-order valence-electron chi connectivity index (χ1n) is 7.24. The van der Waals surface area contributed by atoms with Gasteiger partial charge in [-0.15, -0.1) is 0 Å². The minimum absolute atomic E-state index is 0.0726. The van der Waals surface area contributed by atoms with Gasteiger partial charge in [0.1, 0.15) is 0 Å². The molecule has 0 bridgehead atoms. The van der Waals surface area contributed by atoms with Crippen LogP contribution in [0.1, 0.15) is 51.3 Å². The molecular formula is C18H22O2. The van der Waals surface area contributed by atoms with Gasteiger partial charge in [-0.2, -0.15) is 0 Å². The fraction of sp³-hybridized carbons (Fsp3) is 0.500. The minimum Gasteiger partial charge on any atom is -0.431 e. The predicted octanol–water partition coefficient (Wildman–Crippen LogP) is 4.31. The van der Waals surface area contributed by atoms with E-state index in [-0.39, 0.29) is 16.5 Å². The van der Waals surface area contributed by atoms with Crippen LogP contribution in [0.15, 0.2) is 27.6 Å². The Morgan fingerprint density at radius 2 is 1.50 bits per heavy atom. The molecule has 0 radical (unpaired) electrons. The monoisotopic (exact) mass is 270 g/mol. The number of hydrogen-bond acceptors (Lipinski definition) is 2. The number of aryl methyl sites for hydroxylation is 1. The topological polar surface area (TPSA) is 30.2 Å². The molecule has 0 spiro atoms. The van der Waals surface area contributed by atoms with Crippen LogP contribution in [-0.2, 0) is 10.8 Å². The van der Waals surface area contributed by atoms with Crippen molar-refractivity contribution in [3.8, 4) is 0 Å². The highest BCUT2D eigenvalue weighted by atomic mass is 16.4. The Morgan fingerprint density at radius 1 is 1.00 bits per heavy atom. The van der Waals surface area contributed by atoms with Crippen molar-refractivity contribution in [2.24, 2.45) is 5.92 Å². The van der Waals surface area contributed by atoms with Gasteiger partial charge in [0.05, 0.1) is 11.6 Å². The molecule has 0 N–H and O–H groups in total. The Kier molecular flexibility index (Phi) is 2.51. The molecule has 0 aliphatic heterocycles. The molecule has 3 rings (SSSR count). The van der Waals surface area contributed by atoms with Crippen molar-refractivity contribution >= 4 is 10.8 Å². The summed E-state index contributed by atoms with van der Waals surface area (Å²) in [6.45, 7) is 13.5. The van der Waals surface area contributed by atoms with Crippen molar-refractivity contribution in [1.82, 2.24) is 0 Å². The van der Waals surface area contributed by atoms with Gasteiger partial charge in [-0.1, -0.05) is 34.6 Å². The van der Waals surface area contributed by atoms with E-state index in [1.165, 1.54) is 11.1 Å². The van der Waals surface area contributed by atoms with Crippen LogP contribution in [0.3, 0.4) is 0 Å². The molecule has 0 amide bonds. The maximum absolute atomic E-state index is 12.0. The lowest BCUT2D eigenvalue weighted by molar-refractivity contribution is 0.264. The Hall–Kier alpha value is -1.57. The molecule has 0 fully saturated rings. The van der Waals surface area contributed by atoms with Crippen molar-refractivity contribution in [3.63, 3.8) is 0 Å². The summed E-state index contributed by atoms with van der Waals surface area (Å²) in [4.78, 5) is 12.0. The lowest BCUT2D eigenvalue weighted by atomic mass is 9.71. The molecule has 1 heterocycles. The fourth-order valence-electron chi connectivity index (χ4n) is 3.80. The molecule has 1 aliphatic carbocycles. The van der Waals surface area contributed by atoms with E-state index in [9.17, 15) is 4.79 Å². The molecule has 2 nitrogen and oxygen atoms in total. The summed E-state index contributed by atoms with van der Waals surface area (Å²) in [5.41, 5.74) is 3.65. The van der Waals surface area contributed by atoms with Gasteiger partial charge in [0.2, 0.25) is 0 Å². The summed E-state index contributed by atoms with van der Waals surface area (Å²) in [7, 11) is 0. The van der Waals surface area contributed by atoms with Gasteiger partial charge < -0.3 is 4.42 Å². The molecular weight excluding hydrogens is 248 g/mol. The van der Waals surface area contributed by atoms with Gasteiger partial charge >= 0.3 is 5.63 Å². The number of fused-ring (bicyclic) bond motifs is 2. The lowest BCUT2D eigenvalue weighted by Crippen LogP contribution is -2.30. The minimum atomic E-state index is -0.235. The Balaban J connectivity index is 2.48. The van der Waals surface area contributed by atoms with Crippen molar-refractivity contribution in [2.45, 2.75) is 52.4 Å². The van der Waals surface area contributed by atoms with Crippen LogP contribution in [0.4, 0.5) is 0 Å². The molecule has 2 heteroatoms. The predicted molar refractivity (Wildman–Crippen MR) is 82.4 cm³/mol. The zero-order valence-electron chi connectivity index (χ0n) is 13.1. The highest BCUT2D eigenvalue weighted by Crippen LogP contribution is 2.54. The van der Waals surface area contributed by atoms with E-state index in [2.05, 4.69) is 46.8 Å². The zero-order chi connectivity index (χ0) is 14.9. The molecule has 1 aliphatic rings. The molecule has 2 aromatic rings. The normalized spacial score (nSPS) is 23.0. The van der Waals surface area contributed by atoms with Crippen LogP contribution in [0.5, 0.6) is 0 Å². The van der Waals surface area contributed by atoms with E-state index in [0.717, 1.165) is 10.9 Å². The maximum Gasteiger partial charge on any atom is 0.343 e. The maximum atomic E-state index is 12.0. The molecule has 0 saturated carbocycles. The number of benzene rings is 1. The molecule has 1 atom stereocenters. The second-order valence-corrected chi connectivity index (χ2v) is 7.31. The Morgan fingerprint density at radius 3 is 2.05 bits per heavy atom. The smallest absolute Gasteiger partial charge is 0.343 e. The summed E-state index contributed by atoms with van der Waals surface area (Å²) in [5, 5.41) is 1.74. The third-order valence-corrected chi connectivity index (χ3v) is 5.70. The van der Waals surface area contributed by atoms with Crippen LogP contribution >= 0.6 is 0 Å². The van der Waals surface area contributed by atoms with Gasteiger partial charge in [0, 0.05) is 0 Å². The van der Waals surface area contributed by atoms with Crippen molar-refractivity contribution < 1.29 is 4.42 Å². The van der Waals surface area contributed by atoms with Crippen LogP contribution in [0.25, 0.3) is 10.8 Å². The zero-order valence-corrected chi connectivity index (χ0v) is 13.1. The summed E-state index contributed by atoms with van der Waals surface area (Å²) in [6, 6.07) is 4.27. The summed E-state index contributed by atoms with van der Waals surface area (Å²) in [6.07, 6.45) is 1.56. The second-order valence-electron chi connectivity index (χ2n) is 7.31. The van der Waals surface area contributed by atoms with Crippen LogP contribution < -0.4 is 5.63 Å². The molecule has 20 heavy (non-hydrogen) atoms. The third-order valence-electron chi connectivity index (χ3n) is 5.70. The average Bonchev–Trinajstić information content (AvgIpc) is 2.52. The van der Waals surface area contributed by atoms with Gasteiger partial charge in [-0.25, -0.2) is 4.79 Å². The number of hydrogen-bond donors (Lipinski definition) is 0. The highest BCUT2D eigenvalue weighted by molar-refractivity contribution is 5.86.